The Kier molecular flexibility index (Phi) is 6.58. The maximum absolute atomic E-state index is 12.9. The SMILES string of the molecule is Cc1c(Cl)cccc1-n1c(C)cc(/C=C2/SC(=O)N(CCCc3ccccc3)C2=O)c1C. The van der Waals surface area contributed by atoms with Gasteiger partial charge in [0.1, 0.15) is 0 Å². The van der Waals surface area contributed by atoms with E-state index in [2.05, 4.69) is 16.7 Å². The van der Waals surface area contributed by atoms with E-state index in [1.807, 2.05) is 69.3 Å². The van der Waals surface area contributed by atoms with Crippen LogP contribution in [0.5, 0.6) is 0 Å². The fourth-order valence-corrected chi connectivity index (χ4v) is 5.09. The number of aromatic nitrogens is 1. The summed E-state index contributed by atoms with van der Waals surface area (Å²) < 4.78 is 2.14. The molecule has 0 radical (unpaired) electrons. The van der Waals surface area contributed by atoms with Crippen molar-refractivity contribution in [2.24, 2.45) is 0 Å². The van der Waals surface area contributed by atoms with Gasteiger partial charge in [0.2, 0.25) is 0 Å². The minimum absolute atomic E-state index is 0.200. The van der Waals surface area contributed by atoms with Crippen molar-refractivity contribution in [3.63, 3.8) is 0 Å². The van der Waals surface area contributed by atoms with Gasteiger partial charge in [0.15, 0.2) is 0 Å². The molecule has 0 unspecified atom stereocenters. The first kappa shape index (κ1) is 22.4. The number of imide groups is 1. The van der Waals surface area contributed by atoms with Gasteiger partial charge in [0.05, 0.1) is 4.91 Å². The molecule has 2 aromatic carbocycles. The molecule has 3 aromatic rings. The number of benzene rings is 2. The summed E-state index contributed by atoms with van der Waals surface area (Å²) in [5, 5.41) is 0.516. The monoisotopic (exact) mass is 464 g/mol. The normalized spacial score (nSPS) is 15.2. The van der Waals surface area contributed by atoms with Gasteiger partial charge in [0.25, 0.3) is 11.1 Å². The number of hydrogen-bond donors (Lipinski definition) is 0. The van der Waals surface area contributed by atoms with Crippen LogP contribution in [-0.4, -0.2) is 27.2 Å². The van der Waals surface area contributed by atoms with Crippen LogP contribution in [0, 0.1) is 20.8 Å². The van der Waals surface area contributed by atoms with Gasteiger partial charge >= 0.3 is 0 Å². The zero-order valence-electron chi connectivity index (χ0n) is 18.4. The number of aryl methyl sites for hydroxylation is 2. The third-order valence-electron chi connectivity index (χ3n) is 5.80. The number of halogens is 1. The summed E-state index contributed by atoms with van der Waals surface area (Å²) >= 11 is 7.34. The molecule has 32 heavy (non-hydrogen) atoms. The molecular weight excluding hydrogens is 440 g/mol. The molecule has 0 aliphatic carbocycles. The minimum atomic E-state index is -0.211. The molecule has 0 N–H and O–H groups in total. The number of carbonyl (C=O) groups is 2. The van der Waals surface area contributed by atoms with E-state index in [1.165, 1.54) is 10.5 Å². The summed E-state index contributed by atoms with van der Waals surface area (Å²) in [6.07, 6.45) is 3.42. The van der Waals surface area contributed by atoms with Crippen LogP contribution < -0.4 is 0 Å². The Balaban J connectivity index is 1.54. The third-order valence-corrected chi connectivity index (χ3v) is 7.12. The standard InChI is InChI=1S/C26H25ClN2O2S/c1-17-15-21(19(3)29(17)23-13-7-12-22(27)18(23)2)16-24-25(30)28(26(31)32-24)14-8-11-20-9-5-4-6-10-20/h4-7,9-10,12-13,15-16H,8,11,14H2,1-3H3/b24-16+. The van der Waals surface area contributed by atoms with Crippen LogP contribution in [0.1, 0.15) is 34.5 Å². The van der Waals surface area contributed by atoms with Crippen molar-refractivity contribution in [2.75, 3.05) is 6.54 Å². The van der Waals surface area contributed by atoms with Crippen molar-refractivity contribution in [1.82, 2.24) is 9.47 Å². The number of carbonyl (C=O) groups excluding carboxylic acids is 2. The van der Waals surface area contributed by atoms with Crippen LogP contribution in [0.4, 0.5) is 4.79 Å². The average molecular weight is 465 g/mol. The van der Waals surface area contributed by atoms with Crippen LogP contribution in [-0.2, 0) is 11.2 Å². The molecule has 0 spiro atoms. The van der Waals surface area contributed by atoms with E-state index in [1.54, 1.807) is 0 Å². The second kappa shape index (κ2) is 9.39. The molecule has 1 aliphatic heterocycles. The summed E-state index contributed by atoms with van der Waals surface area (Å²) in [5.74, 6) is -0.211. The zero-order chi connectivity index (χ0) is 22.8. The number of thioether (sulfide) groups is 1. The lowest BCUT2D eigenvalue weighted by molar-refractivity contribution is -0.122. The highest BCUT2D eigenvalue weighted by atomic mass is 35.5. The molecule has 0 atom stereocenters. The summed E-state index contributed by atoms with van der Waals surface area (Å²) in [6.45, 7) is 6.47. The molecule has 2 amide bonds. The Morgan fingerprint density at radius 2 is 1.75 bits per heavy atom. The van der Waals surface area contributed by atoms with E-state index >= 15 is 0 Å². The Bertz CT molecular complexity index is 1210. The molecule has 0 bridgehead atoms. The van der Waals surface area contributed by atoms with E-state index < -0.39 is 0 Å². The highest BCUT2D eigenvalue weighted by Crippen LogP contribution is 2.34. The summed E-state index contributed by atoms with van der Waals surface area (Å²) in [4.78, 5) is 27.3. The maximum Gasteiger partial charge on any atom is 0.293 e. The lowest BCUT2D eigenvalue weighted by Gasteiger charge is -2.13. The first-order valence-corrected chi connectivity index (χ1v) is 11.8. The Hall–Kier alpha value is -2.76. The second-order valence-corrected chi connectivity index (χ2v) is 9.37. The van der Waals surface area contributed by atoms with E-state index in [0.29, 0.717) is 16.5 Å². The van der Waals surface area contributed by atoms with Crippen molar-refractivity contribution >= 4 is 40.6 Å². The van der Waals surface area contributed by atoms with Crippen molar-refractivity contribution in [2.45, 2.75) is 33.6 Å². The highest BCUT2D eigenvalue weighted by Gasteiger charge is 2.34. The van der Waals surface area contributed by atoms with Gasteiger partial charge in [-0.05, 0) is 86.3 Å². The molecule has 4 nitrogen and oxygen atoms in total. The smallest absolute Gasteiger partial charge is 0.293 e. The second-order valence-electron chi connectivity index (χ2n) is 7.97. The first-order chi connectivity index (χ1) is 15.4. The zero-order valence-corrected chi connectivity index (χ0v) is 20.0. The molecule has 1 aromatic heterocycles. The minimum Gasteiger partial charge on any atom is -0.318 e. The van der Waals surface area contributed by atoms with Crippen molar-refractivity contribution in [3.8, 4) is 5.69 Å². The lowest BCUT2D eigenvalue weighted by atomic mass is 10.1. The van der Waals surface area contributed by atoms with Crippen molar-refractivity contribution in [3.05, 3.63) is 92.6 Å². The molecule has 0 saturated carbocycles. The van der Waals surface area contributed by atoms with Gasteiger partial charge in [-0.3, -0.25) is 14.5 Å². The fourth-order valence-electron chi connectivity index (χ4n) is 4.06. The molecule has 1 saturated heterocycles. The molecule has 4 rings (SSSR count). The summed E-state index contributed by atoms with van der Waals surface area (Å²) in [5.41, 5.74) is 6.20. The van der Waals surface area contributed by atoms with Crippen LogP contribution >= 0.6 is 23.4 Å². The number of nitrogens with zero attached hydrogens (tertiary/aromatic N) is 2. The van der Waals surface area contributed by atoms with Gasteiger partial charge in [-0.15, -0.1) is 0 Å². The largest absolute Gasteiger partial charge is 0.318 e. The molecule has 6 heteroatoms. The Labute approximate surface area is 197 Å². The highest BCUT2D eigenvalue weighted by molar-refractivity contribution is 8.18. The summed E-state index contributed by atoms with van der Waals surface area (Å²) in [7, 11) is 0. The molecular formula is C26H25ClN2O2S. The van der Waals surface area contributed by atoms with Crippen LogP contribution in [0.15, 0.2) is 59.5 Å². The predicted octanol–water partition coefficient (Wildman–Crippen LogP) is 6.73. The molecule has 1 aliphatic rings. The van der Waals surface area contributed by atoms with Gasteiger partial charge < -0.3 is 4.57 Å². The Morgan fingerprint density at radius 3 is 2.50 bits per heavy atom. The Morgan fingerprint density at radius 1 is 1.00 bits per heavy atom. The van der Waals surface area contributed by atoms with Crippen LogP contribution in [0.2, 0.25) is 5.02 Å². The van der Waals surface area contributed by atoms with Crippen molar-refractivity contribution in [1.29, 1.82) is 0 Å². The lowest BCUT2D eigenvalue weighted by Crippen LogP contribution is -2.29. The van der Waals surface area contributed by atoms with Gasteiger partial charge in [-0.2, -0.15) is 0 Å². The number of rotatable bonds is 6. The topological polar surface area (TPSA) is 42.3 Å². The van der Waals surface area contributed by atoms with Gasteiger partial charge in [0, 0.05) is 28.6 Å². The van der Waals surface area contributed by atoms with E-state index in [0.717, 1.165) is 52.8 Å². The predicted molar refractivity (Wildman–Crippen MR) is 132 cm³/mol. The first-order valence-electron chi connectivity index (χ1n) is 10.6. The molecule has 1 fully saturated rings. The van der Waals surface area contributed by atoms with E-state index in [-0.39, 0.29) is 11.1 Å². The van der Waals surface area contributed by atoms with Gasteiger partial charge in [-0.25, -0.2) is 0 Å². The number of hydrogen-bond acceptors (Lipinski definition) is 3. The van der Waals surface area contributed by atoms with E-state index in [9.17, 15) is 9.59 Å². The maximum atomic E-state index is 12.9. The van der Waals surface area contributed by atoms with Crippen LogP contribution in [0.25, 0.3) is 11.8 Å². The average Bonchev–Trinajstić information content (AvgIpc) is 3.20. The van der Waals surface area contributed by atoms with Crippen molar-refractivity contribution < 1.29 is 9.59 Å². The van der Waals surface area contributed by atoms with Gasteiger partial charge in [-0.1, -0.05) is 48.0 Å². The quantitative estimate of drug-likeness (QED) is 0.380. The molecule has 164 valence electrons. The van der Waals surface area contributed by atoms with Crippen LogP contribution in [0.3, 0.4) is 0 Å². The third kappa shape index (κ3) is 4.41. The number of amides is 2. The fraction of sp³-hybridized carbons (Fsp3) is 0.231. The molecule has 2 heterocycles. The summed E-state index contributed by atoms with van der Waals surface area (Å²) in [6, 6.07) is 18.0. The van der Waals surface area contributed by atoms with E-state index in [4.69, 9.17) is 11.6 Å².